The predicted octanol–water partition coefficient (Wildman–Crippen LogP) is 3.77. The molecule has 0 aliphatic carbocycles. The number of hydrogen-bond donors (Lipinski definition) is 1. The lowest BCUT2D eigenvalue weighted by Gasteiger charge is -2.23. The predicted molar refractivity (Wildman–Crippen MR) is 113 cm³/mol. The van der Waals surface area contributed by atoms with Gasteiger partial charge in [-0.2, -0.15) is 4.98 Å². The number of aromatic nitrogens is 2. The van der Waals surface area contributed by atoms with E-state index < -0.39 is 18.1 Å². The molecule has 162 valence electrons. The van der Waals surface area contributed by atoms with Gasteiger partial charge in [-0.25, -0.2) is 4.79 Å². The largest absolute Gasteiger partial charge is 0.464 e. The minimum absolute atomic E-state index is 0.0142. The Morgan fingerprint density at radius 2 is 1.71 bits per heavy atom. The van der Waals surface area contributed by atoms with Crippen molar-refractivity contribution >= 4 is 12.1 Å². The van der Waals surface area contributed by atoms with Crippen molar-refractivity contribution in [1.29, 1.82) is 0 Å². The van der Waals surface area contributed by atoms with Crippen LogP contribution in [0.3, 0.4) is 0 Å². The smallest absolute Gasteiger partial charge is 0.407 e. The molecule has 0 radical (unpaired) electrons. The van der Waals surface area contributed by atoms with Crippen LogP contribution in [-0.4, -0.2) is 34.9 Å². The molecule has 2 atom stereocenters. The van der Waals surface area contributed by atoms with E-state index in [0.717, 1.165) is 11.1 Å². The Kier molecular flexibility index (Phi) is 7.75. The number of rotatable bonds is 9. The number of hydrogen-bond acceptors (Lipinski definition) is 7. The van der Waals surface area contributed by atoms with Crippen LogP contribution >= 0.6 is 0 Å². The lowest BCUT2D eigenvalue weighted by Crippen LogP contribution is -2.44. The first-order valence-corrected chi connectivity index (χ1v) is 10.00. The Balaban J connectivity index is 1.60. The Morgan fingerprint density at radius 1 is 1.03 bits per heavy atom. The average Bonchev–Trinajstić information content (AvgIpc) is 3.25. The third-order valence-corrected chi connectivity index (χ3v) is 4.66. The summed E-state index contributed by atoms with van der Waals surface area (Å²) in [6.45, 7) is 3.39. The average molecular weight is 423 g/mol. The van der Waals surface area contributed by atoms with Crippen LogP contribution < -0.4 is 5.32 Å². The fraction of sp³-hybridized carbons (Fsp3) is 0.304. The summed E-state index contributed by atoms with van der Waals surface area (Å²) in [5.74, 6) is 0.348. The van der Waals surface area contributed by atoms with Gasteiger partial charge in [0.1, 0.15) is 13.2 Å². The summed E-state index contributed by atoms with van der Waals surface area (Å²) in [4.78, 5) is 28.0. The molecule has 0 saturated carbocycles. The molecule has 1 amide bonds. The van der Waals surface area contributed by atoms with Gasteiger partial charge in [-0.15, -0.1) is 0 Å². The Morgan fingerprint density at radius 3 is 2.39 bits per heavy atom. The Hall–Kier alpha value is -3.68. The number of alkyl carbamates (subject to hydrolysis) is 1. The highest BCUT2D eigenvalue weighted by Crippen LogP contribution is 2.18. The van der Waals surface area contributed by atoms with Gasteiger partial charge < -0.3 is 19.3 Å². The molecule has 3 aromatic rings. The van der Waals surface area contributed by atoms with Crippen molar-refractivity contribution in [2.45, 2.75) is 32.9 Å². The number of benzene rings is 2. The van der Waals surface area contributed by atoms with E-state index in [4.69, 9.17) is 14.0 Å². The zero-order chi connectivity index (χ0) is 22.1. The minimum Gasteiger partial charge on any atom is -0.464 e. The Bertz CT molecular complexity index is 975. The zero-order valence-corrected chi connectivity index (χ0v) is 17.5. The van der Waals surface area contributed by atoms with E-state index in [-0.39, 0.29) is 19.1 Å². The van der Waals surface area contributed by atoms with Gasteiger partial charge in [0.25, 0.3) is 5.89 Å². The Labute approximate surface area is 180 Å². The van der Waals surface area contributed by atoms with E-state index in [0.29, 0.717) is 18.1 Å². The summed E-state index contributed by atoms with van der Waals surface area (Å²) in [6.07, 6.45) is -0.174. The number of nitrogens with zero attached hydrogens (tertiary/aromatic N) is 2. The van der Waals surface area contributed by atoms with Crippen molar-refractivity contribution in [3.05, 3.63) is 72.1 Å². The van der Waals surface area contributed by atoms with Gasteiger partial charge in [0, 0.05) is 18.9 Å². The number of carbonyl (C=O) groups excluding carboxylic acids is 2. The van der Waals surface area contributed by atoms with Crippen molar-refractivity contribution in [1.82, 2.24) is 15.5 Å². The lowest BCUT2D eigenvalue weighted by atomic mass is 9.98. The molecular formula is C23H25N3O5. The van der Waals surface area contributed by atoms with Crippen LogP contribution in [0.1, 0.15) is 25.2 Å². The summed E-state index contributed by atoms with van der Waals surface area (Å²) < 4.78 is 15.8. The van der Waals surface area contributed by atoms with E-state index in [9.17, 15) is 9.59 Å². The van der Waals surface area contributed by atoms with Gasteiger partial charge >= 0.3 is 12.1 Å². The monoisotopic (exact) mass is 423 g/mol. The molecule has 3 rings (SSSR count). The standard InChI is InChI=1S/C23H25N3O5/c1-16(13-21-25-22(31-26-21)19-11-7-4-8-12-19)20(15-29-17(2)27)24-23(28)30-14-18-9-5-3-6-10-18/h3-12,16,20H,13-15H2,1-2H3,(H,24,28). The normalized spacial score (nSPS) is 12.6. The fourth-order valence-corrected chi connectivity index (χ4v) is 2.94. The topological polar surface area (TPSA) is 104 Å². The number of amides is 1. The van der Waals surface area contributed by atoms with Gasteiger partial charge in [0.15, 0.2) is 5.82 Å². The van der Waals surface area contributed by atoms with E-state index in [1.165, 1.54) is 6.92 Å². The molecule has 0 fully saturated rings. The summed E-state index contributed by atoms with van der Waals surface area (Å²) in [6, 6.07) is 18.3. The summed E-state index contributed by atoms with van der Waals surface area (Å²) in [5, 5.41) is 6.80. The van der Waals surface area contributed by atoms with Crippen molar-refractivity contribution in [3.63, 3.8) is 0 Å². The summed E-state index contributed by atoms with van der Waals surface area (Å²) in [7, 11) is 0. The lowest BCUT2D eigenvalue weighted by molar-refractivity contribution is -0.142. The first-order valence-electron chi connectivity index (χ1n) is 10.00. The molecular weight excluding hydrogens is 398 g/mol. The van der Waals surface area contributed by atoms with E-state index in [1.807, 2.05) is 67.6 Å². The number of carbonyl (C=O) groups is 2. The fourth-order valence-electron chi connectivity index (χ4n) is 2.94. The molecule has 0 aliphatic heterocycles. The maximum atomic E-state index is 12.3. The number of nitrogens with one attached hydrogen (secondary N) is 1. The molecule has 1 heterocycles. The number of ether oxygens (including phenoxy) is 2. The van der Waals surface area contributed by atoms with Gasteiger partial charge in [-0.05, 0) is 23.6 Å². The van der Waals surface area contributed by atoms with Gasteiger partial charge in [0.2, 0.25) is 0 Å². The molecule has 0 spiro atoms. The van der Waals surface area contributed by atoms with Crippen molar-refractivity contribution in [3.8, 4) is 11.5 Å². The van der Waals surface area contributed by atoms with Crippen LogP contribution in [0.5, 0.6) is 0 Å². The maximum Gasteiger partial charge on any atom is 0.407 e. The highest BCUT2D eigenvalue weighted by molar-refractivity contribution is 5.68. The third-order valence-electron chi connectivity index (χ3n) is 4.66. The van der Waals surface area contributed by atoms with Crippen molar-refractivity contribution < 1.29 is 23.6 Å². The van der Waals surface area contributed by atoms with Gasteiger partial charge in [0.05, 0.1) is 6.04 Å². The molecule has 31 heavy (non-hydrogen) atoms. The second-order valence-corrected chi connectivity index (χ2v) is 7.18. The van der Waals surface area contributed by atoms with Crippen LogP contribution in [0, 0.1) is 5.92 Å². The molecule has 0 aliphatic rings. The van der Waals surface area contributed by atoms with Crippen LogP contribution in [0.4, 0.5) is 4.79 Å². The molecule has 8 heteroatoms. The van der Waals surface area contributed by atoms with Crippen LogP contribution in [-0.2, 0) is 27.3 Å². The molecule has 1 N–H and O–H groups in total. The van der Waals surface area contributed by atoms with Crippen LogP contribution in [0.2, 0.25) is 0 Å². The first kappa shape index (κ1) is 22.0. The first-order chi connectivity index (χ1) is 15.0. The van der Waals surface area contributed by atoms with Gasteiger partial charge in [-0.1, -0.05) is 60.6 Å². The maximum absolute atomic E-state index is 12.3. The van der Waals surface area contributed by atoms with Crippen molar-refractivity contribution in [2.75, 3.05) is 6.61 Å². The highest BCUT2D eigenvalue weighted by Gasteiger charge is 2.24. The molecule has 8 nitrogen and oxygen atoms in total. The molecule has 0 bridgehead atoms. The van der Waals surface area contributed by atoms with Gasteiger partial charge in [-0.3, -0.25) is 4.79 Å². The van der Waals surface area contributed by atoms with Crippen LogP contribution in [0.15, 0.2) is 65.2 Å². The van der Waals surface area contributed by atoms with E-state index in [2.05, 4.69) is 15.5 Å². The highest BCUT2D eigenvalue weighted by atomic mass is 16.6. The second-order valence-electron chi connectivity index (χ2n) is 7.18. The number of esters is 1. The van der Waals surface area contributed by atoms with Crippen molar-refractivity contribution in [2.24, 2.45) is 5.92 Å². The molecule has 2 unspecified atom stereocenters. The third kappa shape index (κ3) is 6.95. The summed E-state index contributed by atoms with van der Waals surface area (Å²) >= 11 is 0. The molecule has 1 aromatic heterocycles. The molecule has 0 saturated heterocycles. The zero-order valence-electron chi connectivity index (χ0n) is 17.5. The van der Waals surface area contributed by atoms with E-state index in [1.54, 1.807) is 0 Å². The second kappa shape index (κ2) is 10.9. The SMILES string of the molecule is CC(=O)OCC(NC(=O)OCc1ccccc1)C(C)Cc1noc(-c2ccccc2)n1. The molecule has 2 aromatic carbocycles. The summed E-state index contributed by atoms with van der Waals surface area (Å²) in [5.41, 5.74) is 1.70. The minimum atomic E-state index is -0.592. The quantitative estimate of drug-likeness (QED) is 0.523. The van der Waals surface area contributed by atoms with Crippen LogP contribution in [0.25, 0.3) is 11.5 Å². The van der Waals surface area contributed by atoms with E-state index >= 15 is 0 Å².